The van der Waals surface area contributed by atoms with Crippen LogP contribution in [0.1, 0.15) is 19.8 Å². The van der Waals surface area contributed by atoms with E-state index in [-0.39, 0.29) is 12.5 Å². The molecule has 4 nitrogen and oxygen atoms in total. The van der Waals surface area contributed by atoms with E-state index in [9.17, 15) is 4.79 Å². The fourth-order valence-corrected chi connectivity index (χ4v) is 0.978. The SMILES string of the molecule is CCC[C@@H](N)C(=O)N(C)CCO. The minimum Gasteiger partial charge on any atom is -0.395 e. The molecule has 0 aliphatic carbocycles. The molecule has 1 amide bonds. The Labute approximate surface area is 73.3 Å². The van der Waals surface area contributed by atoms with Crippen LogP contribution in [0.2, 0.25) is 0 Å². The van der Waals surface area contributed by atoms with Gasteiger partial charge >= 0.3 is 0 Å². The summed E-state index contributed by atoms with van der Waals surface area (Å²) < 4.78 is 0. The van der Waals surface area contributed by atoms with Crippen LogP contribution in [0.15, 0.2) is 0 Å². The Hall–Kier alpha value is -0.610. The van der Waals surface area contributed by atoms with Gasteiger partial charge < -0.3 is 15.7 Å². The maximum absolute atomic E-state index is 11.3. The van der Waals surface area contributed by atoms with Crippen LogP contribution in [0, 0.1) is 0 Å². The highest BCUT2D eigenvalue weighted by Crippen LogP contribution is 1.97. The summed E-state index contributed by atoms with van der Waals surface area (Å²) in [4.78, 5) is 12.8. The van der Waals surface area contributed by atoms with Crippen LogP contribution in [0.25, 0.3) is 0 Å². The van der Waals surface area contributed by atoms with Crippen molar-refractivity contribution in [2.45, 2.75) is 25.8 Å². The average molecular weight is 174 g/mol. The van der Waals surface area contributed by atoms with Crippen LogP contribution in [0.4, 0.5) is 0 Å². The number of rotatable bonds is 5. The van der Waals surface area contributed by atoms with E-state index in [1.165, 1.54) is 4.90 Å². The van der Waals surface area contributed by atoms with E-state index in [0.29, 0.717) is 13.0 Å². The van der Waals surface area contributed by atoms with Crippen molar-refractivity contribution in [3.05, 3.63) is 0 Å². The van der Waals surface area contributed by atoms with Crippen molar-refractivity contribution < 1.29 is 9.90 Å². The van der Waals surface area contributed by atoms with Gasteiger partial charge in [-0.15, -0.1) is 0 Å². The average Bonchev–Trinajstić information content (AvgIpc) is 2.04. The number of hydrogen-bond acceptors (Lipinski definition) is 3. The summed E-state index contributed by atoms with van der Waals surface area (Å²) in [5.41, 5.74) is 5.59. The highest BCUT2D eigenvalue weighted by molar-refractivity contribution is 5.81. The molecule has 12 heavy (non-hydrogen) atoms. The van der Waals surface area contributed by atoms with Gasteiger partial charge in [0.1, 0.15) is 0 Å². The first-order chi connectivity index (χ1) is 5.63. The van der Waals surface area contributed by atoms with E-state index in [1.807, 2.05) is 6.92 Å². The first kappa shape index (κ1) is 11.4. The van der Waals surface area contributed by atoms with Gasteiger partial charge in [0.2, 0.25) is 5.91 Å². The molecule has 0 aliphatic heterocycles. The van der Waals surface area contributed by atoms with Crippen molar-refractivity contribution in [2.75, 3.05) is 20.2 Å². The van der Waals surface area contributed by atoms with E-state index in [2.05, 4.69) is 0 Å². The molecule has 0 bridgehead atoms. The fourth-order valence-electron chi connectivity index (χ4n) is 0.978. The van der Waals surface area contributed by atoms with E-state index < -0.39 is 6.04 Å². The minimum absolute atomic E-state index is 0.0128. The molecule has 3 N–H and O–H groups in total. The smallest absolute Gasteiger partial charge is 0.239 e. The van der Waals surface area contributed by atoms with Gasteiger partial charge in [0.25, 0.3) is 0 Å². The molecule has 0 aromatic heterocycles. The third-order valence-corrected chi connectivity index (χ3v) is 1.73. The quantitative estimate of drug-likeness (QED) is 0.594. The monoisotopic (exact) mass is 174 g/mol. The topological polar surface area (TPSA) is 66.6 Å². The van der Waals surface area contributed by atoms with Crippen LogP contribution in [-0.4, -0.2) is 42.2 Å². The largest absolute Gasteiger partial charge is 0.395 e. The van der Waals surface area contributed by atoms with Crippen molar-refractivity contribution in [3.63, 3.8) is 0 Å². The number of nitrogens with two attached hydrogens (primary N) is 1. The second-order valence-electron chi connectivity index (χ2n) is 2.88. The molecule has 4 heteroatoms. The van der Waals surface area contributed by atoms with Crippen molar-refractivity contribution in [1.29, 1.82) is 0 Å². The maximum atomic E-state index is 11.3. The molecule has 1 atom stereocenters. The molecule has 0 aromatic rings. The van der Waals surface area contributed by atoms with Crippen LogP contribution in [0.3, 0.4) is 0 Å². The Bertz CT molecular complexity index is 125. The standard InChI is InChI=1S/C8H18N2O2/c1-3-4-7(9)8(12)10(2)5-6-11/h7,11H,3-6,9H2,1-2H3/t7-/m1/s1. The Kier molecular flexibility index (Phi) is 5.66. The number of likely N-dealkylation sites (N-methyl/N-ethyl adjacent to an activating group) is 1. The first-order valence-corrected chi connectivity index (χ1v) is 4.24. The van der Waals surface area contributed by atoms with Gasteiger partial charge in [-0.05, 0) is 6.42 Å². The third-order valence-electron chi connectivity index (χ3n) is 1.73. The van der Waals surface area contributed by atoms with Crippen LogP contribution >= 0.6 is 0 Å². The van der Waals surface area contributed by atoms with Gasteiger partial charge in [-0.2, -0.15) is 0 Å². The van der Waals surface area contributed by atoms with Crippen molar-refractivity contribution in [2.24, 2.45) is 5.73 Å². The normalized spacial score (nSPS) is 12.7. The molecule has 0 saturated heterocycles. The highest BCUT2D eigenvalue weighted by Gasteiger charge is 2.15. The summed E-state index contributed by atoms with van der Waals surface area (Å²) >= 11 is 0. The summed E-state index contributed by atoms with van der Waals surface area (Å²) in [7, 11) is 1.65. The number of carbonyl (C=O) groups is 1. The molecule has 0 unspecified atom stereocenters. The van der Waals surface area contributed by atoms with Gasteiger partial charge in [0, 0.05) is 13.6 Å². The highest BCUT2D eigenvalue weighted by atomic mass is 16.3. The lowest BCUT2D eigenvalue weighted by atomic mass is 10.1. The lowest BCUT2D eigenvalue weighted by Crippen LogP contribution is -2.42. The van der Waals surface area contributed by atoms with Gasteiger partial charge in [-0.3, -0.25) is 4.79 Å². The van der Waals surface area contributed by atoms with E-state index in [4.69, 9.17) is 10.8 Å². The minimum atomic E-state index is -0.411. The zero-order chi connectivity index (χ0) is 9.56. The summed E-state index contributed by atoms with van der Waals surface area (Å²) in [5, 5.41) is 8.56. The zero-order valence-electron chi connectivity index (χ0n) is 7.79. The predicted octanol–water partition coefficient (Wildman–Crippen LogP) is -0.435. The molecule has 0 aromatic carbocycles. The Morgan fingerprint density at radius 3 is 2.67 bits per heavy atom. The molecule has 0 radical (unpaired) electrons. The number of carbonyl (C=O) groups excluding carboxylic acids is 1. The molecule has 0 aliphatic rings. The van der Waals surface area contributed by atoms with Gasteiger partial charge in [-0.25, -0.2) is 0 Å². The molecule has 0 fully saturated rings. The zero-order valence-corrected chi connectivity index (χ0v) is 7.79. The van der Waals surface area contributed by atoms with Crippen LogP contribution in [-0.2, 0) is 4.79 Å². The van der Waals surface area contributed by atoms with Gasteiger partial charge in [0.15, 0.2) is 0 Å². The van der Waals surface area contributed by atoms with Gasteiger partial charge in [0.05, 0.1) is 12.6 Å². The molecule has 0 rings (SSSR count). The van der Waals surface area contributed by atoms with E-state index in [0.717, 1.165) is 6.42 Å². The van der Waals surface area contributed by atoms with Crippen molar-refractivity contribution >= 4 is 5.91 Å². The lowest BCUT2D eigenvalue weighted by Gasteiger charge is -2.19. The van der Waals surface area contributed by atoms with Crippen molar-refractivity contribution in [3.8, 4) is 0 Å². The van der Waals surface area contributed by atoms with E-state index in [1.54, 1.807) is 7.05 Å². The molecule has 0 spiro atoms. The second kappa shape index (κ2) is 5.97. The van der Waals surface area contributed by atoms with Crippen molar-refractivity contribution in [1.82, 2.24) is 4.90 Å². The fraction of sp³-hybridized carbons (Fsp3) is 0.875. The lowest BCUT2D eigenvalue weighted by molar-refractivity contribution is -0.131. The Morgan fingerprint density at radius 1 is 1.67 bits per heavy atom. The van der Waals surface area contributed by atoms with Crippen LogP contribution < -0.4 is 5.73 Å². The molecular formula is C8H18N2O2. The summed E-state index contributed by atoms with van der Waals surface area (Å²) in [5.74, 6) is -0.0918. The third kappa shape index (κ3) is 3.69. The number of nitrogens with zero attached hydrogens (tertiary/aromatic N) is 1. The summed E-state index contributed by atoms with van der Waals surface area (Å²) in [6, 6.07) is -0.411. The summed E-state index contributed by atoms with van der Waals surface area (Å²) in [6.45, 7) is 2.33. The van der Waals surface area contributed by atoms with Gasteiger partial charge in [-0.1, -0.05) is 13.3 Å². The molecular weight excluding hydrogens is 156 g/mol. The van der Waals surface area contributed by atoms with E-state index >= 15 is 0 Å². The second-order valence-corrected chi connectivity index (χ2v) is 2.88. The number of hydrogen-bond donors (Lipinski definition) is 2. The summed E-state index contributed by atoms with van der Waals surface area (Å²) in [6.07, 6.45) is 1.61. The number of aliphatic hydroxyl groups excluding tert-OH is 1. The molecule has 0 heterocycles. The molecule has 0 saturated carbocycles. The predicted molar refractivity (Wildman–Crippen MR) is 47.6 cm³/mol. The number of aliphatic hydroxyl groups is 1. The maximum Gasteiger partial charge on any atom is 0.239 e. The Balaban J connectivity index is 3.82. The number of amides is 1. The molecule has 72 valence electrons. The Morgan fingerprint density at radius 2 is 2.25 bits per heavy atom. The first-order valence-electron chi connectivity index (χ1n) is 4.24. The van der Waals surface area contributed by atoms with Crippen LogP contribution in [0.5, 0.6) is 0 Å².